The minimum atomic E-state index is 0.549. The Balaban J connectivity index is 2.20. The van der Waals surface area contributed by atoms with Gasteiger partial charge in [0.25, 0.3) is 0 Å². The van der Waals surface area contributed by atoms with E-state index in [1.807, 2.05) is 11.8 Å². The Bertz CT molecular complexity index is 467. The molecule has 1 aliphatic rings. The number of aromatic nitrogens is 2. The quantitative estimate of drug-likeness (QED) is 0.645. The van der Waals surface area contributed by atoms with Gasteiger partial charge in [-0.15, -0.1) is 6.42 Å². The number of nitrogens with zero attached hydrogens (tertiary/aromatic N) is 2. The van der Waals surface area contributed by atoms with Gasteiger partial charge in [0, 0.05) is 5.92 Å². The highest BCUT2D eigenvalue weighted by Gasteiger charge is 2.23. The first-order valence-corrected chi connectivity index (χ1v) is 8.94. The Morgan fingerprint density at radius 3 is 2.80 bits per heavy atom. The normalized spacial score (nSPS) is 16.2. The van der Waals surface area contributed by atoms with E-state index in [1.165, 1.54) is 32.1 Å². The molecule has 0 amide bonds. The maximum atomic E-state index is 6.28. The molecular formula is C16H25N3S. The van der Waals surface area contributed by atoms with Gasteiger partial charge in [-0.05, 0) is 37.7 Å². The van der Waals surface area contributed by atoms with Crippen molar-refractivity contribution in [2.45, 2.75) is 57.4 Å². The van der Waals surface area contributed by atoms with Gasteiger partial charge < -0.3 is 10.3 Å². The van der Waals surface area contributed by atoms with Crippen molar-refractivity contribution in [3.63, 3.8) is 0 Å². The summed E-state index contributed by atoms with van der Waals surface area (Å²) in [5.74, 6) is 6.36. The lowest BCUT2D eigenvalue weighted by molar-refractivity contribution is 0.420. The van der Waals surface area contributed by atoms with Crippen LogP contribution in [0.5, 0.6) is 0 Å². The van der Waals surface area contributed by atoms with Gasteiger partial charge >= 0.3 is 0 Å². The molecule has 0 bridgehead atoms. The van der Waals surface area contributed by atoms with E-state index in [1.54, 1.807) is 0 Å². The molecular weight excluding hydrogens is 266 g/mol. The SMILES string of the molecule is C#CCn1c(C2CCCCC2)nc(CCCSC)c1N. The topological polar surface area (TPSA) is 43.8 Å². The van der Waals surface area contributed by atoms with Gasteiger partial charge in [-0.1, -0.05) is 25.2 Å². The zero-order valence-corrected chi connectivity index (χ0v) is 13.2. The van der Waals surface area contributed by atoms with Crippen molar-refractivity contribution in [1.82, 2.24) is 9.55 Å². The lowest BCUT2D eigenvalue weighted by Gasteiger charge is -2.21. The average Bonchev–Trinajstić information content (AvgIpc) is 2.78. The van der Waals surface area contributed by atoms with Crippen LogP contribution in [0, 0.1) is 12.3 Å². The second-order valence-corrected chi connectivity index (χ2v) is 6.51. The second kappa shape index (κ2) is 7.64. The molecule has 1 fully saturated rings. The molecule has 2 rings (SSSR count). The molecule has 0 unspecified atom stereocenters. The first-order valence-electron chi connectivity index (χ1n) is 7.55. The standard InChI is InChI=1S/C16H25N3S/c1-3-11-19-15(17)14(10-7-12-20-2)18-16(19)13-8-5-4-6-9-13/h1,13H,4-12,17H2,2H3. The van der Waals surface area contributed by atoms with E-state index in [0.717, 1.165) is 35.9 Å². The molecule has 0 saturated heterocycles. The van der Waals surface area contributed by atoms with E-state index in [0.29, 0.717) is 12.5 Å². The summed E-state index contributed by atoms with van der Waals surface area (Å²) in [6.07, 6.45) is 16.1. The molecule has 3 nitrogen and oxygen atoms in total. The molecule has 1 aliphatic carbocycles. The van der Waals surface area contributed by atoms with E-state index in [4.69, 9.17) is 17.1 Å². The van der Waals surface area contributed by atoms with Crippen LogP contribution in [-0.2, 0) is 13.0 Å². The lowest BCUT2D eigenvalue weighted by atomic mass is 9.88. The summed E-state index contributed by atoms with van der Waals surface area (Å²) in [6, 6.07) is 0. The highest BCUT2D eigenvalue weighted by molar-refractivity contribution is 7.98. The third-order valence-corrected chi connectivity index (χ3v) is 4.79. The van der Waals surface area contributed by atoms with E-state index in [9.17, 15) is 0 Å². The van der Waals surface area contributed by atoms with Crippen LogP contribution in [0.25, 0.3) is 0 Å². The zero-order chi connectivity index (χ0) is 14.4. The molecule has 2 N–H and O–H groups in total. The van der Waals surface area contributed by atoms with Crippen LogP contribution in [0.1, 0.15) is 56.0 Å². The van der Waals surface area contributed by atoms with Crippen molar-refractivity contribution in [1.29, 1.82) is 0 Å². The summed E-state index contributed by atoms with van der Waals surface area (Å²) < 4.78 is 2.07. The number of thioether (sulfide) groups is 1. The Morgan fingerprint density at radius 1 is 1.40 bits per heavy atom. The summed E-state index contributed by atoms with van der Waals surface area (Å²) in [6.45, 7) is 0.549. The fraction of sp³-hybridized carbons (Fsp3) is 0.688. The van der Waals surface area contributed by atoms with E-state index >= 15 is 0 Å². The second-order valence-electron chi connectivity index (χ2n) is 5.52. The number of hydrogen-bond acceptors (Lipinski definition) is 3. The highest BCUT2D eigenvalue weighted by Crippen LogP contribution is 2.34. The van der Waals surface area contributed by atoms with Gasteiger partial charge in [0.15, 0.2) is 0 Å². The van der Waals surface area contributed by atoms with Crippen molar-refractivity contribution in [3.8, 4) is 12.3 Å². The molecule has 110 valence electrons. The molecule has 0 spiro atoms. The Morgan fingerprint density at radius 2 is 2.15 bits per heavy atom. The van der Waals surface area contributed by atoms with E-state index in [2.05, 4.69) is 16.7 Å². The van der Waals surface area contributed by atoms with Crippen LogP contribution in [0.3, 0.4) is 0 Å². The highest BCUT2D eigenvalue weighted by atomic mass is 32.2. The molecule has 20 heavy (non-hydrogen) atoms. The number of rotatable bonds is 6. The first kappa shape index (κ1) is 15.3. The van der Waals surface area contributed by atoms with Crippen LogP contribution >= 0.6 is 11.8 Å². The summed E-state index contributed by atoms with van der Waals surface area (Å²) in [5, 5.41) is 0. The smallest absolute Gasteiger partial charge is 0.127 e. The summed E-state index contributed by atoms with van der Waals surface area (Å²) in [4.78, 5) is 4.86. The third kappa shape index (κ3) is 3.52. The average molecular weight is 291 g/mol. The zero-order valence-electron chi connectivity index (χ0n) is 12.4. The van der Waals surface area contributed by atoms with Crippen molar-refractivity contribution in [2.24, 2.45) is 0 Å². The molecule has 1 aromatic heterocycles. The van der Waals surface area contributed by atoms with Gasteiger partial charge in [0.05, 0.1) is 12.2 Å². The first-order chi connectivity index (χ1) is 9.77. The Hall–Kier alpha value is -1.08. The van der Waals surface area contributed by atoms with Crippen LogP contribution in [-0.4, -0.2) is 21.6 Å². The number of anilines is 1. The molecule has 0 aliphatic heterocycles. The van der Waals surface area contributed by atoms with E-state index < -0.39 is 0 Å². The number of terminal acetylenes is 1. The van der Waals surface area contributed by atoms with Crippen molar-refractivity contribution in [2.75, 3.05) is 17.7 Å². The van der Waals surface area contributed by atoms with Gasteiger partial charge in [-0.25, -0.2) is 4.98 Å². The molecule has 1 saturated carbocycles. The van der Waals surface area contributed by atoms with E-state index in [-0.39, 0.29) is 0 Å². The number of aryl methyl sites for hydroxylation is 1. The predicted octanol–water partition coefficient (Wildman–Crippen LogP) is 3.44. The minimum Gasteiger partial charge on any atom is -0.384 e. The van der Waals surface area contributed by atoms with Crippen LogP contribution in [0.4, 0.5) is 5.82 Å². The van der Waals surface area contributed by atoms with Gasteiger partial charge in [0.2, 0.25) is 0 Å². The summed E-state index contributed by atoms with van der Waals surface area (Å²) in [5.41, 5.74) is 7.33. The maximum absolute atomic E-state index is 6.28. The number of hydrogen-bond donors (Lipinski definition) is 1. The Labute approximate surface area is 126 Å². The molecule has 0 radical (unpaired) electrons. The molecule has 4 heteroatoms. The fourth-order valence-corrected chi connectivity index (χ4v) is 3.47. The predicted molar refractivity (Wildman–Crippen MR) is 88.0 cm³/mol. The molecule has 0 aromatic carbocycles. The number of imidazole rings is 1. The largest absolute Gasteiger partial charge is 0.384 e. The van der Waals surface area contributed by atoms with Crippen LogP contribution in [0.2, 0.25) is 0 Å². The molecule has 1 aromatic rings. The van der Waals surface area contributed by atoms with Gasteiger partial charge in [-0.2, -0.15) is 11.8 Å². The van der Waals surface area contributed by atoms with Crippen LogP contribution in [0.15, 0.2) is 0 Å². The fourth-order valence-electron chi connectivity index (χ4n) is 3.03. The number of nitrogen functional groups attached to an aromatic ring is 1. The molecule has 0 atom stereocenters. The summed E-state index contributed by atoms with van der Waals surface area (Å²) >= 11 is 1.87. The number of nitrogens with two attached hydrogens (primary N) is 1. The third-order valence-electron chi connectivity index (χ3n) is 4.09. The maximum Gasteiger partial charge on any atom is 0.127 e. The van der Waals surface area contributed by atoms with Gasteiger partial charge in [-0.3, -0.25) is 0 Å². The van der Waals surface area contributed by atoms with Gasteiger partial charge in [0.1, 0.15) is 11.6 Å². The summed E-state index contributed by atoms with van der Waals surface area (Å²) in [7, 11) is 0. The van der Waals surface area contributed by atoms with Crippen molar-refractivity contribution in [3.05, 3.63) is 11.5 Å². The molecule has 1 heterocycles. The van der Waals surface area contributed by atoms with Crippen molar-refractivity contribution < 1.29 is 0 Å². The van der Waals surface area contributed by atoms with Crippen molar-refractivity contribution >= 4 is 17.6 Å². The monoisotopic (exact) mass is 291 g/mol. The Kier molecular flexibility index (Phi) is 5.85. The lowest BCUT2D eigenvalue weighted by Crippen LogP contribution is -2.13. The van der Waals surface area contributed by atoms with Crippen LogP contribution < -0.4 is 5.73 Å². The minimum absolute atomic E-state index is 0.549.